The maximum atomic E-state index is 5.89. The van der Waals surface area contributed by atoms with Gasteiger partial charge in [0.05, 0.1) is 0 Å². The summed E-state index contributed by atoms with van der Waals surface area (Å²) in [6, 6.07) is 1.91. The van der Waals surface area contributed by atoms with Crippen LogP contribution in [-0.2, 0) is 0 Å². The van der Waals surface area contributed by atoms with E-state index in [1.54, 1.807) is 17.3 Å². The number of rotatable bonds is 2. The highest BCUT2D eigenvalue weighted by atomic mass is 35.5. The highest BCUT2D eigenvalue weighted by Crippen LogP contribution is 2.20. The van der Waals surface area contributed by atoms with E-state index in [0.29, 0.717) is 11.8 Å². The number of pyridine rings is 1. The number of halogens is 1. The van der Waals surface area contributed by atoms with Crippen LogP contribution in [0.1, 0.15) is 5.56 Å². The average molecular weight is 250 g/mol. The molecule has 0 aliphatic carbocycles. The van der Waals surface area contributed by atoms with E-state index in [1.165, 1.54) is 0 Å². The first-order valence-corrected chi connectivity index (χ1v) is 5.45. The molecule has 17 heavy (non-hydrogen) atoms. The van der Waals surface area contributed by atoms with Crippen molar-refractivity contribution in [2.45, 2.75) is 6.92 Å². The summed E-state index contributed by atoms with van der Waals surface area (Å²) in [7, 11) is 3.71. The predicted molar refractivity (Wildman–Crippen MR) is 67.1 cm³/mol. The van der Waals surface area contributed by atoms with Gasteiger partial charge >= 0.3 is 0 Å². The van der Waals surface area contributed by atoms with Crippen LogP contribution >= 0.6 is 11.6 Å². The zero-order valence-electron chi connectivity index (χ0n) is 9.85. The van der Waals surface area contributed by atoms with E-state index in [-0.39, 0.29) is 5.28 Å². The highest BCUT2D eigenvalue weighted by molar-refractivity contribution is 6.28. The lowest BCUT2D eigenvalue weighted by Crippen LogP contribution is -2.14. The number of aromatic nitrogens is 4. The first kappa shape index (κ1) is 11.7. The summed E-state index contributed by atoms with van der Waals surface area (Å²) in [4.78, 5) is 18.4. The highest BCUT2D eigenvalue weighted by Gasteiger charge is 2.10. The third-order valence-corrected chi connectivity index (χ3v) is 2.45. The topological polar surface area (TPSA) is 54.8 Å². The molecule has 2 heterocycles. The number of nitrogens with zero attached hydrogens (tertiary/aromatic N) is 5. The Bertz CT molecular complexity index is 541. The molecule has 0 spiro atoms. The van der Waals surface area contributed by atoms with Crippen LogP contribution in [-0.4, -0.2) is 34.0 Å². The fourth-order valence-electron chi connectivity index (χ4n) is 1.36. The Hall–Kier alpha value is -1.75. The number of hydrogen-bond acceptors (Lipinski definition) is 5. The normalized spacial score (nSPS) is 10.4. The molecular formula is C11H12ClN5. The van der Waals surface area contributed by atoms with Crippen LogP contribution in [0.3, 0.4) is 0 Å². The van der Waals surface area contributed by atoms with Gasteiger partial charge in [-0.2, -0.15) is 15.0 Å². The molecule has 0 N–H and O–H groups in total. The van der Waals surface area contributed by atoms with Crippen molar-refractivity contribution >= 4 is 17.5 Å². The molecule has 88 valence electrons. The smallest absolute Gasteiger partial charge is 0.229 e. The zero-order valence-corrected chi connectivity index (χ0v) is 10.6. The first-order valence-electron chi connectivity index (χ1n) is 5.08. The molecule has 0 atom stereocenters. The molecule has 0 amide bonds. The lowest BCUT2D eigenvalue weighted by molar-refractivity contribution is 0.959. The van der Waals surface area contributed by atoms with E-state index in [2.05, 4.69) is 19.9 Å². The predicted octanol–water partition coefficient (Wildman–Crippen LogP) is 1.96. The van der Waals surface area contributed by atoms with E-state index in [4.69, 9.17) is 11.6 Å². The van der Waals surface area contributed by atoms with Gasteiger partial charge in [0.25, 0.3) is 0 Å². The summed E-state index contributed by atoms with van der Waals surface area (Å²) in [5.41, 5.74) is 1.91. The Morgan fingerprint density at radius 3 is 2.59 bits per heavy atom. The van der Waals surface area contributed by atoms with Gasteiger partial charge in [-0.25, -0.2) is 0 Å². The molecule has 0 saturated carbocycles. The lowest BCUT2D eigenvalue weighted by Gasteiger charge is -2.11. The largest absolute Gasteiger partial charge is 0.347 e. The van der Waals surface area contributed by atoms with Gasteiger partial charge in [0.15, 0.2) is 5.82 Å². The van der Waals surface area contributed by atoms with Crippen LogP contribution in [0.25, 0.3) is 11.4 Å². The van der Waals surface area contributed by atoms with Crippen LogP contribution in [0.15, 0.2) is 18.5 Å². The van der Waals surface area contributed by atoms with Crippen LogP contribution in [0, 0.1) is 6.92 Å². The van der Waals surface area contributed by atoms with Gasteiger partial charge in [-0.05, 0) is 30.2 Å². The quantitative estimate of drug-likeness (QED) is 0.814. The molecule has 5 nitrogen and oxygen atoms in total. The van der Waals surface area contributed by atoms with E-state index in [9.17, 15) is 0 Å². The maximum absolute atomic E-state index is 5.89. The minimum atomic E-state index is 0.182. The molecule has 6 heteroatoms. The summed E-state index contributed by atoms with van der Waals surface area (Å²) in [5, 5.41) is 0.182. The Morgan fingerprint density at radius 2 is 1.94 bits per heavy atom. The van der Waals surface area contributed by atoms with Gasteiger partial charge < -0.3 is 4.90 Å². The SMILES string of the molecule is Cc1ccncc1-c1nc(Cl)nc(N(C)C)n1. The van der Waals surface area contributed by atoms with E-state index >= 15 is 0 Å². The van der Waals surface area contributed by atoms with Crippen molar-refractivity contribution in [2.75, 3.05) is 19.0 Å². The van der Waals surface area contributed by atoms with Gasteiger partial charge in [-0.15, -0.1) is 0 Å². The summed E-state index contributed by atoms with van der Waals surface area (Å²) < 4.78 is 0. The van der Waals surface area contributed by atoms with Crippen LogP contribution in [0.5, 0.6) is 0 Å². The van der Waals surface area contributed by atoms with E-state index in [0.717, 1.165) is 11.1 Å². The monoisotopic (exact) mass is 249 g/mol. The molecule has 0 bridgehead atoms. The van der Waals surface area contributed by atoms with Crippen molar-refractivity contribution in [1.82, 2.24) is 19.9 Å². The van der Waals surface area contributed by atoms with Crippen molar-refractivity contribution in [3.8, 4) is 11.4 Å². The Balaban J connectivity index is 2.56. The third-order valence-electron chi connectivity index (χ3n) is 2.28. The van der Waals surface area contributed by atoms with Gasteiger partial charge in [0.2, 0.25) is 11.2 Å². The Kier molecular flexibility index (Phi) is 3.19. The van der Waals surface area contributed by atoms with Gasteiger partial charge in [-0.1, -0.05) is 0 Å². The van der Waals surface area contributed by atoms with Gasteiger partial charge in [0.1, 0.15) is 0 Å². The summed E-state index contributed by atoms with van der Waals surface area (Å²) >= 11 is 5.89. The molecule has 0 unspecified atom stereocenters. The molecule has 2 aromatic heterocycles. The second-order valence-electron chi connectivity index (χ2n) is 3.81. The second-order valence-corrected chi connectivity index (χ2v) is 4.15. The Morgan fingerprint density at radius 1 is 1.18 bits per heavy atom. The maximum Gasteiger partial charge on any atom is 0.229 e. The van der Waals surface area contributed by atoms with Crippen molar-refractivity contribution < 1.29 is 0 Å². The van der Waals surface area contributed by atoms with Crippen LogP contribution in [0.2, 0.25) is 5.28 Å². The zero-order chi connectivity index (χ0) is 12.4. The summed E-state index contributed by atoms with van der Waals surface area (Å²) in [6.45, 7) is 1.98. The molecule has 0 aliphatic rings. The average Bonchev–Trinajstić information content (AvgIpc) is 2.28. The third kappa shape index (κ3) is 2.50. The standard InChI is InChI=1S/C11H12ClN5/c1-7-4-5-13-6-8(7)9-14-10(12)16-11(15-9)17(2)3/h4-6H,1-3H3. The molecule has 0 aromatic carbocycles. The molecule has 2 aromatic rings. The number of aryl methyl sites for hydroxylation is 1. The first-order chi connectivity index (χ1) is 8.08. The second kappa shape index (κ2) is 4.63. The van der Waals surface area contributed by atoms with Crippen LogP contribution < -0.4 is 4.90 Å². The molecule has 0 saturated heterocycles. The van der Waals surface area contributed by atoms with Crippen molar-refractivity contribution in [3.63, 3.8) is 0 Å². The minimum Gasteiger partial charge on any atom is -0.347 e. The molecule has 0 radical (unpaired) electrons. The van der Waals surface area contributed by atoms with Crippen molar-refractivity contribution in [1.29, 1.82) is 0 Å². The molecular weight excluding hydrogens is 238 g/mol. The minimum absolute atomic E-state index is 0.182. The van der Waals surface area contributed by atoms with E-state index in [1.807, 2.05) is 27.1 Å². The number of anilines is 1. The fourth-order valence-corrected chi connectivity index (χ4v) is 1.51. The molecule has 2 rings (SSSR count). The Labute approximate surface area is 105 Å². The molecule has 0 aliphatic heterocycles. The van der Waals surface area contributed by atoms with Gasteiger partial charge in [-0.3, -0.25) is 4.98 Å². The van der Waals surface area contributed by atoms with Gasteiger partial charge in [0, 0.05) is 32.1 Å². The summed E-state index contributed by atoms with van der Waals surface area (Å²) in [5.74, 6) is 1.07. The van der Waals surface area contributed by atoms with Crippen molar-refractivity contribution in [2.24, 2.45) is 0 Å². The number of hydrogen-bond donors (Lipinski definition) is 0. The van der Waals surface area contributed by atoms with E-state index < -0.39 is 0 Å². The molecule has 0 fully saturated rings. The fraction of sp³-hybridized carbons (Fsp3) is 0.273. The van der Waals surface area contributed by atoms with Crippen molar-refractivity contribution in [3.05, 3.63) is 29.3 Å². The summed E-state index contributed by atoms with van der Waals surface area (Å²) in [6.07, 6.45) is 3.45. The van der Waals surface area contributed by atoms with Crippen LogP contribution in [0.4, 0.5) is 5.95 Å². The lowest BCUT2D eigenvalue weighted by atomic mass is 10.1.